The van der Waals surface area contributed by atoms with E-state index in [1.165, 1.54) is 24.1 Å². The number of rotatable bonds is 5. The van der Waals surface area contributed by atoms with Crippen molar-refractivity contribution in [2.45, 2.75) is 38.3 Å². The van der Waals surface area contributed by atoms with Crippen molar-refractivity contribution in [2.24, 2.45) is 11.8 Å². The van der Waals surface area contributed by atoms with E-state index in [1.807, 2.05) is 6.92 Å². The zero-order valence-electron chi connectivity index (χ0n) is 15.1. The van der Waals surface area contributed by atoms with Gasteiger partial charge in [-0.2, -0.15) is 0 Å². The predicted molar refractivity (Wildman–Crippen MR) is 91.3 cm³/mol. The summed E-state index contributed by atoms with van der Waals surface area (Å²) in [6.07, 6.45) is 0.970. The molecule has 0 aliphatic carbocycles. The minimum absolute atomic E-state index is 0.240. The molecule has 0 unspecified atom stereocenters. The number of amides is 2. The average molecular weight is 362 g/mol. The molecule has 0 spiro atoms. The summed E-state index contributed by atoms with van der Waals surface area (Å²) in [7, 11) is 1.27. The van der Waals surface area contributed by atoms with E-state index in [4.69, 9.17) is 4.74 Å². The first kappa shape index (κ1) is 18.5. The number of benzene rings is 1. The summed E-state index contributed by atoms with van der Waals surface area (Å²) in [6, 6.07) is 5.27. The Morgan fingerprint density at radius 3 is 2.62 bits per heavy atom. The molecule has 0 saturated carbocycles. The Hall–Kier alpha value is -2.28. The minimum Gasteiger partial charge on any atom is -0.468 e. The largest absolute Gasteiger partial charge is 0.468 e. The molecule has 2 aliphatic rings. The molecule has 6 nitrogen and oxygen atoms in total. The number of imide groups is 1. The molecule has 7 heteroatoms. The number of methoxy groups -OCH3 is 1. The highest BCUT2D eigenvalue weighted by Crippen LogP contribution is 2.50. The molecule has 140 valence electrons. The van der Waals surface area contributed by atoms with Crippen LogP contribution in [-0.2, 0) is 19.1 Å². The van der Waals surface area contributed by atoms with Crippen molar-refractivity contribution in [3.05, 3.63) is 35.6 Å². The monoisotopic (exact) mass is 362 g/mol. The highest BCUT2D eigenvalue weighted by atomic mass is 19.1. The third-order valence-electron chi connectivity index (χ3n) is 5.46. The van der Waals surface area contributed by atoms with E-state index in [1.54, 1.807) is 19.1 Å². The van der Waals surface area contributed by atoms with Crippen LogP contribution in [0.15, 0.2) is 24.3 Å². The van der Waals surface area contributed by atoms with Crippen molar-refractivity contribution in [1.29, 1.82) is 0 Å². The lowest BCUT2D eigenvalue weighted by Crippen LogP contribution is -2.56. The van der Waals surface area contributed by atoms with Crippen molar-refractivity contribution in [3.63, 3.8) is 0 Å². The van der Waals surface area contributed by atoms with Crippen LogP contribution in [-0.4, -0.2) is 41.9 Å². The number of hydrogen-bond acceptors (Lipinski definition) is 5. The quantitative estimate of drug-likeness (QED) is 0.639. The third-order valence-corrected chi connectivity index (χ3v) is 5.46. The molecular weight excluding hydrogens is 339 g/mol. The zero-order valence-corrected chi connectivity index (χ0v) is 15.1. The highest BCUT2D eigenvalue weighted by Gasteiger charge is 2.68. The fraction of sp³-hybridized carbons (Fsp3) is 0.526. The molecule has 1 aromatic carbocycles. The number of likely N-dealkylation sites (tertiary alicyclic amines) is 1. The summed E-state index contributed by atoms with van der Waals surface area (Å²) in [4.78, 5) is 39.8. The van der Waals surface area contributed by atoms with Crippen LogP contribution in [0.1, 0.15) is 38.3 Å². The topological polar surface area (TPSA) is 75.7 Å². The van der Waals surface area contributed by atoms with Gasteiger partial charge in [-0.3, -0.25) is 24.6 Å². The molecule has 2 amide bonds. The second-order valence-corrected chi connectivity index (χ2v) is 6.81. The molecule has 2 fully saturated rings. The average Bonchev–Trinajstić information content (AvgIpc) is 3.09. The van der Waals surface area contributed by atoms with E-state index in [0.29, 0.717) is 18.4 Å². The molecule has 1 N–H and O–H groups in total. The van der Waals surface area contributed by atoms with Gasteiger partial charge in [0.1, 0.15) is 11.4 Å². The van der Waals surface area contributed by atoms with Gasteiger partial charge in [0.25, 0.3) is 0 Å². The second kappa shape index (κ2) is 6.79. The molecule has 26 heavy (non-hydrogen) atoms. The lowest BCUT2D eigenvalue weighted by atomic mass is 9.77. The van der Waals surface area contributed by atoms with Crippen LogP contribution < -0.4 is 5.32 Å². The van der Waals surface area contributed by atoms with Crippen LogP contribution in [0.5, 0.6) is 0 Å². The number of nitrogens with zero attached hydrogens (tertiary/aromatic N) is 1. The Morgan fingerprint density at radius 1 is 1.31 bits per heavy atom. The maximum absolute atomic E-state index is 13.8. The summed E-state index contributed by atoms with van der Waals surface area (Å²) in [5.74, 6) is -3.30. The van der Waals surface area contributed by atoms with E-state index < -0.39 is 35.2 Å². The van der Waals surface area contributed by atoms with Crippen molar-refractivity contribution in [1.82, 2.24) is 10.2 Å². The number of esters is 1. The van der Waals surface area contributed by atoms with Gasteiger partial charge in [0.15, 0.2) is 0 Å². The highest BCUT2D eigenvalue weighted by molar-refractivity contribution is 6.09. The van der Waals surface area contributed by atoms with Crippen molar-refractivity contribution in [2.75, 3.05) is 13.7 Å². The number of hydrogen-bond donors (Lipinski definition) is 1. The SMILES string of the molecule is CCC[C@]1(C(=O)OC)N[C@H](c2cccc(F)c2)[C@H]2C(=O)N(CC)C(=O)[C@H]21. The van der Waals surface area contributed by atoms with Crippen LogP contribution in [0.4, 0.5) is 4.39 Å². The van der Waals surface area contributed by atoms with Gasteiger partial charge in [-0.05, 0) is 31.0 Å². The lowest BCUT2D eigenvalue weighted by Gasteiger charge is -2.32. The van der Waals surface area contributed by atoms with Gasteiger partial charge in [0.05, 0.1) is 18.9 Å². The fourth-order valence-electron chi connectivity index (χ4n) is 4.46. The van der Waals surface area contributed by atoms with E-state index >= 15 is 0 Å². The zero-order chi connectivity index (χ0) is 19.1. The normalized spacial score (nSPS) is 30.6. The van der Waals surface area contributed by atoms with Crippen LogP contribution in [0.3, 0.4) is 0 Å². The minimum atomic E-state index is -1.29. The van der Waals surface area contributed by atoms with E-state index in [0.717, 1.165) is 0 Å². The first-order chi connectivity index (χ1) is 12.4. The Labute approximate surface area is 151 Å². The summed E-state index contributed by atoms with van der Waals surface area (Å²) >= 11 is 0. The summed E-state index contributed by atoms with van der Waals surface area (Å²) in [5.41, 5.74) is -0.747. The van der Waals surface area contributed by atoms with E-state index in [-0.39, 0.29) is 18.4 Å². The Morgan fingerprint density at radius 2 is 2.04 bits per heavy atom. The molecule has 2 aliphatic heterocycles. The summed E-state index contributed by atoms with van der Waals surface area (Å²) in [5, 5.41) is 3.20. The van der Waals surface area contributed by atoms with Gasteiger partial charge in [-0.15, -0.1) is 0 Å². The van der Waals surface area contributed by atoms with Crippen LogP contribution in [0.2, 0.25) is 0 Å². The summed E-state index contributed by atoms with van der Waals surface area (Å²) < 4.78 is 18.8. The number of carbonyl (C=O) groups is 3. The number of nitrogens with one attached hydrogen (secondary N) is 1. The molecule has 2 heterocycles. The van der Waals surface area contributed by atoms with Crippen molar-refractivity contribution in [3.8, 4) is 0 Å². The van der Waals surface area contributed by atoms with E-state index in [2.05, 4.69) is 5.32 Å². The second-order valence-electron chi connectivity index (χ2n) is 6.81. The molecule has 1 aromatic rings. The Bertz CT molecular complexity index is 753. The smallest absolute Gasteiger partial charge is 0.326 e. The van der Waals surface area contributed by atoms with Gasteiger partial charge < -0.3 is 4.74 Å². The molecule has 3 rings (SSSR count). The summed E-state index contributed by atoms with van der Waals surface area (Å²) in [6.45, 7) is 3.86. The first-order valence-corrected chi connectivity index (χ1v) is 8.88. The fourth-order valence-corrected chi connectivity index (χ4v) is 4.46. The number of halogens is 1. The molecule has 2 saturated heterocycles. The lowest BCUT2D eigenvalue weighted by molar-refractivity contribution is -0.154. The van der Waals surface area contributed by atoms with Gasteiger partial charge in [-0.1, -0.05) is 25.5 Å². The molecular formula is C19H23FN2O4. The van der Waals surface area contributed by atoms with Crippen molar-refractivity contribution < 1.29 is 23.5 Å². The van der Waals surface area contributed by atoms with Crippen LogP contribution >= 0.6 is 0 Å². The van der Waals surface area contributed by atoms with Crippen LogP contribution in [0.25, 0.3) is 0 Å². The van der Waals surface area contributed by atoms with E-state index in [9.17, 15) is 18.8 Å². The maximum Gasteiger partial charge on any atom is 0.326 e. The first-order valence-electron chi connectivity index (χ1n) is 8.88. The van der Waals surface area contributed by atoms with Gasteiger partial charge in [0.2, 0.25) is 11.8 Å². The predicted octanol–water partition coefficient (Wildman–Crippen LogP) is 1.80. The maximum atomic E-state index is 13.8. The Kier molecular flexibility index (Phi) is 4.84. The third kappa shape index (κ3) is 2.53. The number of carbonyl (C=O) groups excluding carboxylic acids is 3. The molecule has 4 atom stereocenters. The molecule has 0 aromatic heterocycles. The van der Waals surface area contributed by atoms with Crippen LogP contribution in [0, 0.1) is 17.7 Å². The van der Waals surface area contributed by atoms with Gasteiger partial charge in [-0.25, -0.2) is 4.39 Å². The molecule has 0 radical (unpaired) electrons. The Balaban J connectivity index is 2.15. The number of ether oxygens (including phenoxy) is 1. The standard InChI is InChI=1S/C19H23FN2O4/c1-4-9-19(18(25)26-3)14-13(16(23)22(5-2)17(14)24)15(21-19)11-7-6-8-12(20)10-11/h6-8,10,13-15,21H,4-5,9H2,1-3H3/t13-,14-,15+,19-/m0/s1. The number of fused-ring (bicyclic) bond motifs is 1. The van der Waals surface area contributed by atoms with Gasteiger partial charge in [0, 0.05) is 12.6 Å². The van der Waals surface area contributed by atoms with Gasteiger partial charge >= 0.3 is 5.97 Å². The molecule has 0 bridgehead atoms. The van der Waals surface area contributed by atoms with Crippen molar-refractivity contribution >= 4 is 17.8 Å².